The van der Waals surface area contributed by atoms with Crippen molar-refractivity contribution in [2.24, 2.45) is 0 Å². The average Bonchev–Trinajstić information content (AvgIpc) is 2.62. The fourth-order valence-electron chi connectivity index (χ4n) is 2.25. The van der Waals surface area contributed by atoms with E-state index in [1.54, 1.807) is 37.6 Å². The largest absolute Gasteiger partial charge is 0.493 e. The minimum absolute atomic E-state index is 0.229. The number of methoxy groups -OCH3 is 1. The summed E-state index contributed by atoms with van der Waals surface area (Å²) < 4.78 is 11.0. The van der Waals surface area contributed by atoms with Crippen LogP contribution in [0.15, 0.2) is 60.8 Å². The fourth-order valence-corrected chi connectivity index (χ4v) is 2.44. The maximum atomic E-state index is 9.42. The highest BCUT2D eigenvalue weighted by Crippen LogP contribution is 2.33. The molecule has 0 aliphatic carbocycles. The van der Waals surface area contributed by atoms with Crippen LogP contribution in [-0.2, 0) is 0 Å². The first-order chi connectivity index (χ1) is 11.7. The van der Waals surface area contributed by atoms with Crippen LogP contribution in [0.25, 0.3) is 11.1 Å². The third kappa shape index (κ3) is 3.32. The minimum atomic E-state index is 0.229. The van der Waals surface area contributed by atoms with Crippen molar-refractivity contribution >= 4 is 11.6 Å². The van der Waals surface area contributed by atoms with Crippen molar-refractivity contribution in [1.29, 1.82) is 5.26 Å². The number of para-hydroxylation sites is 2. The number of hydrogen-bond donors (Lipinski definition) is 0. The Morgan fingerprint density at radius 3 is 2.50 bits per heavy atom. The number of benzene rings is 2. The molecule has 0 radical (unpaired) electrons. The van der Waals surface area contributed by atoms with Gasteiger partial charge in [0.15, 0.2) is 11.5 Å². The molecule has 0 saturated carbocycles. The van der Waals surface area contributed by atoms with Crippen molar-refractivity contribution < 1.29 is 9.47 Å². The third-order valence-corrected chi connectivity index (χ3v) is 3.64. The van der Waals surface area contributed by atoms with Crippen molar-refractivity contribution in [3.05, 3.63) is 71.4 Å². The van der Waals surface area contributed by atoms with Gasteiger partial charge in [0.2, 0.25) is 5.88 Å². The summed E-state index contributed by atoms with van der Waals surface area (Å²) in [5, 5.41) is 10.0. The highest BCUT2D eigenvalue weighted by molar-refractivity contribution is 6.30. The molecule has 24 heavy (non-hydrogen) atoms. The van der Waals surface area contributed by atoms with Gasteiger partial charge in [-0.05, 0) is 35.9 Å². The molecule has 0 amide bonds. The van der Waals surface area contributed by atoms with E-state index in [1.165, 1.54) is 0 Å². The minimum Gasteiger partial charge on any atom is -0.493 e. The zero-order valence-corrected chi connectivity index (χ0v) is 13.6. The molecule has 0 bridgehead atoms. The molecule has 0 unspecified atom stereocenters. The van der Waals surface area contributed by atoms with E-state index in [2.05, 4.69) is 11.1 Å². The molecule has 0 saturated heterocycles. The average molecular weight is 337 g/mol. The number of ether oxygens (including phenoxy) is 2. The smallest absolute Gasteiger partial charge is 0.237 e. The maximum absolute atomic E-state index is 9.42. The number of pyridine rings is 1. The Balaban J connectivity index is 1.97. The van der Waals surface area contributed by atoms with Crippen molar-refractivity contribution in [2.75, 3.05) is 7.11 Å². The summed E-state index contributed by atoms with van der Waals surface area (Å²) in [7, 11) is 1.56. The SMILES string of the molecule is COc1ccccc1Oc1ncc(-c2cccc(Cl)c2)cc1C#N. The van der Waals surface area contributed by atoms with E-state index in [4.69, 9.17) is 21.1 Å². The Hall–Kier alpha value is -3.03. The summed E-state index contributed by atoms with van der Waals surface area (Å²) in [4.78, 5) is 4.28. The first kappa shape index (κ1) is 15.9. The van der Waals surface area contributed by atoms with Crippen LogP contribution in [0, 0.1) is 11.3 Å². The molecule has 4 nitrogen and oxygen atoms in total. The zero-order chi connectivity index (χ0) is 16.9. The molecular weight excluding hydrogens is 324 g/mol. The number of nitrogens with zero attached hydrogens (tertiary/aromatic N) is 2. The second-order valence-corrected chi connectivity index (χ2v) is 5.39. The molecule has 3 rings (SSSR count). The summed E-state index contributed by atoms with van der Waals surface area (Å²) in [5.41, 5.74) is 2.01. The van der Waals surface area contributed by atoms with E-state index in [0.29, 0.717) is 22.1 Å². The Labute approximate surface area is 144 Å². The lowest BCUT2D eigenvalue weighted by Crippen LogP contribution is -1.95. The van der Waals surface area contributed by atoms with Crippen LogP contribution < -0.4 is 9.47 Å². The van der Waals surface area contributed by atoms with Crippen LogP contribution in [0.5, 0.6) is 17.4 Å². The lowest BCUT2D eigenvalue weighted by Gasteiger charge is -2.11. The molecule has 0 aliphatic heterocycles. The number of halogens is 1. The quantitative estimate of drug-likeness (QED) is 0.667. The van der Waals surface area contributed by atoms with Gasteiger partial charge in [-0.25, -0.2) is 4.98 Å². The molecule has 1 heterocycles. The first-order valence-electron chi connectivity index (χ1n) is 7.18. The van der Waals surface area contributed by atoms with Crippen molar-refractivity contribution in [3.63, 3.8) is 0 Å². The highest BCUT2D eigenvalue weighted by Gasteiger charge is 2.12. The monoisotopic (exact) mass is 336 g/mol. The maximum Gasteiger partial charge on any atom is 0.237 e. The second-order valence-electron chi connectivity index (χ2n) is 4.95. The van der Waals surface area contributed by atoms with E-state index >= 15 is 0 Å². The van der Waals surface area contributed by atoms with Crippen LogP contribution in [0.4, 0.5) is 0 Å². The lowest BCUT2D eigenvalue weighted by molar-refractivity contribution is 0.374. The Kier molecular flexibility index (Phi) is 4.64. The molecule has 3 aromatic rings. The number of rotatable bonds is 4. The summed E-state index contributed by atoms with van der Waals surface area (Å²) in [6.45, 7) is 0. The van der Waals surface area contributed by atoms with Crippen LogP contribution in [0.2, 0.25) is 5.02 Å². The Morgan fingerprint density at radius 1 is 1.00 bits per heavy atom. The molecular formula is C19H13ClN2O2. The lowest BCUT2D eigenvalue weighted by atomic mass is 10.1. The third-order valence-electron chi connectivity index (χ3n) is 3.41. The van der Waals surface area contributed by atoms with Gasteiger partial charge >= 0.3 is 0 Å². The van der Waals surface area contributed by atoms with Crippen LogP contribution >= 0.6 is 11.6 Å². The molecule has 0 N–H and O–H groups in total. The zero-order valence-electron chi connectivity index (χ0n) is 12.9. The standard InChI is InChI=1S/C19H13ClN2O2/c1-23-17-7-2-3-8-18(17)24-19-14(11-21)9-15(12-22-19)13-5-4-6-16(20)10-13/h2-10,12H,1H3. The van der Waals surface area contributed by atoms with Crippen molar-refractivity contribution in [3.8, 4) is 34.6 Å². The molecule has 0 atom stereocenters. The van der Waals surface area contributed by atoms with E-state index in [9.17, 15) is 5.26 Å². The van der Waals surface area contributed by atoms with Crippen LogP contribution in [0.3, 0.4) is 0 Å². The fraction of sp³-hybridized carbons (Fsp3) is 0.0526. The van der Waals surface area contributed by atoms with Gasteiger partial charge in [0.25, 0.3) is 0 Å². The molecule has 5 heteroatoms. The predicted molar refractivity (Wildman–Crippen MR) is 92.5 cm³/mol. The molecule has 0 spiro atoms. The summed E-state index contributed by atoms with van der Waals surface area (Å²) in [6, 6.07) is 18.4. The second kappa shape index (κ2) is 7.03. The van der Waals surface area contributed by atoms with E-state index in [-0.39, 0.29) is 5.88 Å². The molecule has 1 aromatic heterocycles. The van der Waals surface area contributed by atoms with Gasteiger partial charge in [-0.2, -0.15) is 5.26 Å². The van der Waals surface area contributed by atoms with Gasteiger partial charge < -0.3 is 9.47 Å². The Morgan fingerprint density at radius 2 is 1.79 bits per heavy atom. The van der Waals surface area contributed by atoms with Gasteiger partial charge in [-0.15, -0.1) is 0 Å². The Bertz CT molecular complexity index is 919. The van der Waals surface area contributed by atoms with Gasteiger partial charge in [0.1, 0.15) is 11.6 Å². The predicted octanol–water partition coefficient (Wildman–Crippen LogP) is 5.07. The number of nitriles is 1. The van der Waals surface area contributed by atoms with E-state index < -0.39 is 0 Å². The van der Waals surface area contributed by atoms with Gasteiger partial charge in [-0.3, -0.25) is 0 Å². The van der Waals surface area contributed by atoms with Crippen molar-refractivity contribution in [2.45, 2.75) is 0 Å². The van der Waals surface area contributed by atoms with Crippen LogP contribution in [-0.4, -0.2) is 12.1 Å². The topological polar surface area (TPSA) is 55.1 Å². The highest BCUT2D eigenvalue weighted by atomic mass is 35.5. The van der Waals surface area contributed by atoms with Gasteiger partial charge in [0.05, 0.1) is 7.11 Å². The van der Waals surface area contributed by atoms with Crippen LogP contribution in [0.1, 0.15) is 5.56 Å². The molecule has 0 fully saturated rings. The summed E-state index contributed by atoms with van der Waals surface area (Å²) in [6.07, 6.45) is 1.65. The molecule has 2 aromatic carbocycles. The molecule has 118 valence electrons. The van der Waals surface area contributed by atoms with Gasteiger partial charge in [0, 0.05) is 16.8 Å². The normalized spacial score (nSPS) is 10.0. The number of aromatic nitrogens is 1. The number of hydrogen-bond acceptors (Lipinski definition) is 4. The first-order valence-corrected chi connectivity index (χ1v) is 7.56. The van der Waals surface area contributed by atoms with Gasteiger partial charge in [-0.1, -0.05) is 35.9 Å². The van der Waals surface area contributed by atoms with E-state index in [1.807, 2.05) is 30.3 Å². The summed E-state index contributed by atoms with van der Waals surface area (Å²) in [5.74, 6) is 1.30. The van der Waals surface area contributed by atoms with Crippen molar-refractivity contribution in [1.82, 2.24) is 4.98 Å². The molecule has 0 aliphatic rings. The van der Waals surface area contributed by atoms with E-state index in [0.717, 1.165) is 11.1 Å². The summed E-state index contributed by atoms with van der Waals surface area (Å²) >= 11 is 6.02.